The summed E-state index contributed by atoms with van der Waals surface area (Å²) in [6.07, 6.45) is 0. The van der Waals surface area contributed by atoms with E-state index in [1.165, 1.54) is 22.3 Å². The van der Waals surface area contributed by atoms with E-state index < -0.39 is 0 Å². The summed E-state index contributed by atoms with van der Waals surface area (Å²) in [6, 6.07) is 13.1. The van der Waals surface area contributed by atoms with Crippen LogP contribution in [0.2, 0.25) is 0 Å². The van der Waals surface area contributed by atoms with Crippen molar-refractivity contribution in [3.05, 3.63) is 58.7 Å². The Hall–Kier alpha value is -1.24. The van der Waals surface area contributed by atoms with Crippen molar-refractivity contribution in [1.82, 2.24) is 0 Å². The quantitative estimate of drug-likeness (QED) is 0.407. The lowest BCUT2D eigenvalue weighted by atomic mass is 9.80. The van der Waals surface area contributed by atoms with Crippen LogP contribution in [0.25, 0.3) is 0 Å². The van der Waals surface area contributed by atoms with Gasteiger partial charge in [-0.3, -0.25) is 0 Å². The molecule has 0 aromatic heterocycles. The molecular weight excluding hydrogens is 435 g/mol. The summed E-state index contributed by atoms with van der Waals surface area (Å²) in [5.41, 5.74) is 5.27. The maximum absolute atomic E-state index is 6.21. The van der Waals surface area contributed by atoms with Gasteiger partial charge in [-0.25, -0.2) is 0 Å². The fraction of sp³-hybridized carbons (Fsp3) is 0.571. The minimum absolute atomic E-state index is 0. The van der Waals surface area contributed by atoms with Crippen LogP contribution in [0.1, 0.15) is 105 Å². The Bertz CT molecular complexity index is 831. The minimum Gasteiger partial charge on any atom is -0.440 e. The van der Waals surface area contributed by atoms with Crippen molar-refractivity contribution in [2.75, 3.05) is 0 Å². The lowest BCUT2D eigenvalue weighted by molar-refractivity contribution is 0.476. The molecule has 2 rings (SSSR count). The minimum atomic E-state index is -0.0951. The van der Waals surface area contributed by atoms with Gasteiger partial charge in [-0.15, -0.1) is 12.4 Å². The number of hydrogen-bond acceptors (Lipinski definition) is 2. The standard InChI is InChI=1S/C28H43O2P.ClH/c1-25(2,3)19-13-15-23(21(17-19)27(7,8)9)29-31-30-24-16-14-20(26(4,5)6)18-22(24)28(10,11)12;/h13-18,31H,1-12H3;1H. The zero-order valence-corrected chi connectivity index (χ0v) is 24.0. The van der Waals surface area contributed by atoms with E-state index in [-0.39, 0.29) is 43.1 Å². The van der Waals surface area contributed by atoms with Crippen LogP contribution in [0.4, 0.5) is 0 Å². The van der Waals surface area contributed by atoms with Crippen molar-refractivity contribution >= 4 is 21.4 Å². The molecule has 0 unspecified atom stereocenters. The van der Waals surface area contributed by atoms with Gasteiger partial charge in [0.2, 0.25) is 0 Å². The van der Waals surface area contributed by atoms with Gasteiger partial charge in [-0.1, -0.05) is 107 Å². The van der Waals surface area contributed by atoms with Crippen LogP contribution in [0.15, 0.2) is 36.4 Å². The zero-order valence-electron chi connectivity index (χ0n) is 22.2. The van der Waals surface area contributed by atoms with Crippen LogP contribution in [-0.4, -0.2) is 0 Å². The van der Waals surface area contributed by atoms with E-state index in [9.17, 15) is 0 Å². The molecule has 0 heterocycles. The van der Waals surface area contributed by atoms with Crippen molar-refractivity contribution < 1.29 is 9.05 Å². The molecule has 2 nitrogen and oxygen atoms in total. The van der Waals surface area contributed by atoms with E-state index >= 15 is 0 Å². The van der Waals surface area contributed by atoms with Crippen LogP contribution < -0.4 is 9.05 Å². The number of benzene rings is 2. The zero-order chi connectivity index (χ0) is 23.8. The van der Waals surface area contributed by atoms with Gasteiger partial charge in [0.25, 0.3) is 9.03 Å². The molecule has 2 aromatic rings. The van der Waals surface area contributed by atoms with Gasteiger partial charge in [0, 0.05) is 11.1 Å². The Balaban J connectivity index is 0.00000512. The summed E-state index contributed by atoms with van der Waals surface area (Å²) in [4.78, 5) is 0. The molecule has 0 N–H and O–H groups in total. The first-order valence-electron chi connectivity index (χ1n) is 11.3. The SMILES string of the molecule is CC(C)(C)c1ccc(OPOc2ccc(C(C)(C)C)cc2C(C)(C)C)c(C(C)(C)C)c1.Cl. The fourth-order valence-corrected chi connectivity index (χ4v) is 4.03. The summed E-state index contributed by atoms with van der Waals surface area (Å²) in [7, 11) is -0.0951. The van der Waals surface area contributed by atoms with Crippen LogP contribution in [0.3, 0.4) is 0 Å². The lowest BCUT2D eigenvalue weighted by Crippen LogP contribution is -2.17. The van der Waals surface area contributed by atoms with Crippen molar-refractivity contribution in [3.63, 3.8) is 0 Å². The molecule has 0 spiro atoms. The molecule has 0 aliphatic carbocycles. The topological polar surface area (TPSA) is 18.5 Å². The molecular formula is C28H44ClO2P. The van der Waals surface area contributed by atoms with Gasteiger partial charge in [0.05, 0.1) is 0 Å². The molecule has 0 atom stereocenters. The molecule has 180 valence electrons. The highest BCUT2D eigenvalue weighted by atomic mass is 35.5. The molecule has 0 saturated heterocycles. The first-order chi connectivity index (χ1) is 13.9. The van der Waals surface area contributed by atoms with Crippen LogP contribution in [-0.2, 0) is 21.7 Å². The molecule has 0 fully saturated rings. The van der Waals surface area contributed by atoms with Gasteiger partial charge in [0.1, 0.15) is 11.5 Å². The average Bonchev–Trinajstić information content (AvgIpc) is 2.58. The molecule has 0 amide bonds. The summed E-state index contributed by atoms with van der Waals surface area (Å²) >= 11 is 0. The second-order valence-corrected chi connectivity index (χ2v) is 13.3. The predicted molar refractivity (Wildman–Crippen MR) is 145 cm³/mol. The Kier molecular flexibility index (Phi) is 8.94. The Labute approximate surface area is 205 Å². The highest BCUT2D eigenvalue weighted by Gasteiger charge is 2.25. The number of hydrogen-bond donors (Lipinski definition) is 0. The Morgan fingerprint density at radius 3 is 1.06 bits per heavy atom. The normalized spacial score (nSPS) is 12.9. The molecule has 2 aromatic carbocycles. The first-order valence-corrected chi connectivity index (χ1v) is 12.1. The van der Waals surface area contributed by atoms with Gasteiger partial charge in [-0.05, 0) is 44.9 Å². The third-order valence-corrected chi connectivity index (χ3v) is 6.22. The van der Waals surface area contributed by atoms with E-state index in [0.29, 0.717) is 0 Å². The van der Waals surface area contributed by atoms with Gasteiger partial charge >= 0.3 is 0 Å². The maximum Gasteiger partial charge on any atom is 0.275 e. The number of rotatable bonds is 4. The van der Waals surface area contributed by atoms with E-state index in [1.807, 2.05) is 0 Å². The maximum atomic E-state index is 6.21. The predicted octanol–water partition coefficient (Wildman–Crippen LogP) is 9.26. The molecule has 32 heavy (non-hydrogen) atoms. The lowest BCUT2D eigenvalue weighted by Gasteiger charge is -2.28. The summed E-state index contributed by atoms with van der Waals surface area (Å²) in [6.45, 7) is 26.9. The second-order valence-electron chi connectivity index (χ2n) is 12.7. The van der Waals surface area contributed by atoms with Crippen molar-refractivity contribution in [2.45, 2.75) is 105 Å². The van der Waals surface area contributed by atoms with E-state index in [4.69, 9.17) is 9.05 Å². The Morgan fingerprint density at radius 1 is 0.500 bits per heavy atom. The average molecular weight is 479 g/mol. The summed E-state index contributed by atoms with van der Waals surface area (Å²) in [5.74, 6) is 1.81. The van der Waals surface area contributed by atoms with Gasteiger partial charge < -0.3 is 9.05 Å². The van der Waals surface area contributed by atoms with Crippen LogP contribution in [0, 0.1) is 0 Å². The third kappa shape index (κ3) is 7.39. The van der Waals surface area contributed by atoms with Crippen molar-refractivity contribution in [2.24, 2.45) is 0 Å². The van der Waals surface area contributed by atoms with Crippen molar-refractivity contribution in [1.29, 1.82) is 0 Å². The molecule has 0 bridgehead atoms. The summed E-state index contributed by atoms with van der Waals surface area (Å²) < 4.78 is 12.4. The smallest absolute Gasteiger partial charge is 0.275 e. The third-order valence-electron chi connectivity index (χ3n) is 5.61. The van der Waals surface area contributed by atoms with Gasteiger partial charge in [0.15, 0.2) is 0 Å². The molecule has 4 heteroatoms. The largest absolute Gasteiger partial charge is 0.440 e. The number of halogens is 1. The Morgan fingerprint density at radius 2 is 0.812 bits per heavy atom. The highest BCUT2D eigenvalue weighted by molar-refractivity contribution is 7.27. The molecule has 0 aliphatic rings. The van der Waals surface area contributed by atoms with E-state index in [0.717, 1.165) is 11.5 Å². The highest BCUT2D eigenvalue weighted by Crippen LogP contribution is 2.41. The fourth-order valence-electron chi connectivity index (χ4n) is 3.45. The first kappa shape index (κ1) is 28.8. The second kappa shape index (κ2) is 9.94. The molecule has 0 radical (unpaired) electrons. The van der Waals surface area contributed by atoms with Crippen LogP contribution >= 0.6 is 21.4 Å². The van der Waals surface area contributed by atoms with E-state index in [2.05, 4.69) is 119 Å². The van der Waals surface area contributed by atoms with Gasteiger partial charge in [-0.2, -0.15) is 0 Å². The summed E-state index contributed by atoms with van der Waals surface area (Å²) in [5, 5.41) is 0. The molecule has 0 saturated carbocycles. The molecule has 0 aliphatic heterocycles. The monoisotopic (exact) mass is 478 g/mol. The van der Waals surface area contributed by atoms with E-state index in [1.54, 1.807) is 0 Å². The van der Waals surface area contributed by atoms with Crippen molar-refractivity contribution in [3.8, 4) is 11.5 Å². The van der Waals surface area contributed by atoms with Crippen LogP contribution in [0.5, 0.6) is 11.5 Å².